The number of nitrogens with zero attached hydrogens (tertiary/aromatic N) is 5. The van der Waals surface area contributed by atoms with Crippen LogP contribution in [0.5, 0.6) is 0 Å². The van der Waals surface area contributed by atoms with E-state index in [-0.39, 0.29) is 5.91 Å². The first kappa shape index (κ1) is 22.5. The molecule has 2 aromatic carbocycles. The van der Waals surface area contributed by atoms with E-state index < -0.39 is 0 Å². The fourth-order valence-electron chi connectivity index (χ4n) is 4.47. The monoisotopic (exact) mass is 464 g/mol. The minimum atomic E-state index is -0.173. The van der Waals surface area contributed by atoms with E-state index >= 15 is 0 Å². The molecule has 3 heterocycles. The summed E-state index contributed by atoms with van der Waals surface area (Å²) in [5.41, 5.74) is 7.96. The number of aromatic nitrogens is 5. The van der Waals surface area contributed by atoms with Gasteiger partial charge in [0.2, 0.25) is 0 Å². The molecule has 0 aliphatic carbocycles. The lowest BCUT2D eigenvalue weighted by atomic mass is 10.0. The van der Waals surface area contributed by atoms with E-state index in [1.807, 2.05) is 90.9 Å². The Balaban J connectivity index is 1.48. The molecule has 1 amide bonds. The number of carbonyl (C=O) groups excluding carboxylic acids is 1. The minimum absolute atomic E-state index is 0.173. The highest BCUT2D eigenvalue weighted by Crippen LogP contribution is 2.28. The maximum Gasteiger partial charge on any atom is 0.256 e. The van der Waals surface area contributed by atoms with E-state index in [1.165, 1.54) is 0 Å². The van der Waals surface area contributed by atoms with Gasteiger partial charge in [-0.15, -0.1) is 0 Å². The number of benzene rings is 2. The third-order valence-electron chi connectivity index (χ3n) is 6.26. The fraction of sp³-hybridized carbons (Fsp3) is 0.214. The van der Waals surface area contributed by atoms with Crippen LogP contribution in [0.3, 0.4) is 0 Å². The molecule has 0 bridgehead atoms. The van der Waals surface area contributed by atoms with Crippen LogP contribution in [0, 0.1) is 20.8 Å². The summed E-state index contributed by atoms with van der Waals surface area (Å²) < 4.78 is 3.90. The summed E-state index contributed by atoms with van der Waals surface area (Å²) in [6.07, 6.45) is 1.82. The highest BCUT2D eigenvalue weighted by atomic mass is 16.1. The Labute approximate surface area is 204 Å². The number of nitrogens with one attached hydrogen (secondary N) is 1. The van der Waals surface area contributed by atoms with Gasteiger partial charge in [0, 0.05) is 34.6 Å². The number of pyridine rings is 1. The Morgan fingerprint density at radius 1 is 0.971 bits per heavy atom. The molecule has 0 aliphatic rings. The lowest BCUT2D eigenvalue weighted by molar-refractivity contribution is 0.102. The van der Waals surface area contributed by atoms with Crippen molar-refractivity contribution >= 4 is 22.5 Å². The van der Waals surface area contributed by atoms with E-state index in [4.69, 9.17) is 4.98 Å². The number of anilines is 1. The molecule has 5 rings (SSSR count). The number of fused-ring (bicyclic) bond motifs is 1. The van der Waals surface area contributed by atoms with E-state index in [0.717, 1.165) is 57.0 Å². The van der Waals surface area contributed by atoms with Crippen LogP contribution in [0.25, 0.3) is 22.2 Å². The molecule has 7 nitrogen and oxygen atoms in total. The molecule has 0 radical (unpaired) electrons. The predicted molar refractivity (Wildman–Crippen MR) is 139 cm³/mol. The molecule has 5 aromatic rings. The molecule has 0 aliphatic heterocycles. The van der Waals surface area contributed by atoms with Crippen molar-refractivity contribution in [3.05, 3.63) is 95.1 Å². The summed E-state index contributed by atoms with van der Waals surface area (Å²) in [5.74, 6) is -0.173. The Kier molecular flexibility index (Phi) is 5.91. The smallest absolute Gasteiger partial charge is 0.256 e. The van der Waals surface area contributed by atoms with Crippen molar-refractivity contribution < 1.29 is 4.79 Å². The van der Waals surface area contributed by atoms with Gasteiger partial charge in [0.25, 0.3) is 5.91 Å². The predicted octanol–water partition coefficient (Wildman–Crippen LogP) is 5.54. The van der Waals surface area contributed by atoms with Crippen LogP contribution >= 0.6 is 0 Å². The Morgan fingerprint density at radius 2 is 1.80 bits per heavy atom. The van der Waals surface area contributed by atoms with Gasteiger partial charge in [-0.2, -0.15) is 10.2 Å². The number of amides is 1. The molecule has 0 saturated carbocycles. The van der Waals surface area contributed by atoms with Crippen molar-refractivity contribution in [3.8, 4) is 11.3 Å². The van der Waals surface area contributed by atoms with Gasteiger partial charge in [0.05, 0.1) is 35.2 Å². The number of para-hydroxylation sites is 1. The van der Waals surface area contributed by atoms with Gasteiger partial charge in [-0.1, -0.05) is 30.3 Å². The van der Waals surface area contributed by atoms with Gasteiger partial charge in [0.1, 0.15) is 0 Å². The second-order valence-corrected chi connectivity index (χ2v) is 8.77. The van der Waals surface area contributed by atoms with Gasteiger partial charge in [-0.25, -0.2) is 4.98 Å². The van der Waals surface area contributed by atoms with Crippen molar-refractivity contribution in [1.29, 1.82) is 0 Å². The average molecular weight is 465 g/mol. The summed E-state index contributed by atoms with van der Waals surface area (Å²) in [6, 6.07) is 19.5. The van der Waals surface area contributed by atoms with Crippen LogP contribution in [-0.2, 0) is 13.1 Å². The molecule has 0 atom stereocenters. The van der Waals surface area contributed by atoms with E-state index in [0.29, 0.717) is 12.1 Å². The van der Waals surface area contributed by atoms with Gasteiger partial charge >= 0.3 is 0 Å². The molecule has 0 spiro atoms. The van der Waals surface area contributed by atoms with Crippen LogP contribution in [0.4, 0.5) is 5.69 Å². The van der Waals surface area contributed by atoms with Crippen LogP contribution in [0.2, 0.25) is 0 Å². The molecular weight excluding hydrogens is 436 g/mol. The lowest BCUT2D eigenvalue weighted by Crippen LogP contribution is -2.13. The molecule has 0 unspecified atom stereocenters. The summed E-state index contributed by atoms with van der Waals surface area (Å²) in [4.78, 5) is 18.3. The zero-order chi connectivity index (χ0) is 24.5. The maximum absolute atomic E-state index is 13.5. The number of rotatable bonds is 6. The lowest BCUT2D eigenvalue weighted by Gasteiger charge is -2.12. The first-order chi connectivity index (χ1) is 16.9. The van der Waals surface area contributed by atoms with Crippen LogP contribution in [0.1, 0.15) is 39.9 Å². The number of hydrogen-bond donors (Lipinski definition) is 1. The molecule has 1 N–H and O–H groups in total. The summed E-state index contributed by atoms with van der Waals surface area (Å²) in [7, 11) is 0. The van der Waals surface area contributed by atoms with Crippen molar-refractivity contribution in [3.63, 3.8) is 0 Å². The fourth-order valence-corrected chi connectivity index (χ4v) is 4.47. The SMILES string of the molecule is CCn1ncc(-c2cc(C(=O)Nc3cccc(Cn4nc(C)cc4C)c3)c3ccccc3n2)c1C. The van der Waals surface area contributed by atoms with Crippen molar-refractivity contribution in [2.75, 3.05) is 5.32 Å². The van der Waals surface area contributed by atoms with Gasteiger partial charge in [-0.3, -0.25) is 14.2 Å². The molecule has 3 aromatic heterocycles. The molecule has 35 heavy (non-hydrogen) atoms. The normalized spacial score (nSPS) is 11.2. The van der Waals surface area contributed by atoms with Gasteiger partial charge in [0.15, 0.2) is 0 Å². The van der Waals surface area contributed by atoms with E-state index in [2.05, 4.69) is 28.5 Å². The molecular formula is C28H28N6O. The first-order valence-corrected chi connectivity index (χ1v) is 11.8. The summed E-state index contributed by atoms with van der Waals surface area (Å²) >= 11 is 0. The van der Waals surface area contributed by atoms with Gasteiger partial charge in [-0.05, 0) is 63.6 Å². The topological polar surface area (TPSA) is 77.6 Å². The summed E-state index contributed by atoms with van der Waals surface area (Å²) in [5, 5.41) is 12.9. The van der Waals surface area contributed by atoms with Crippen LogP contribution < -0.4 is 5.32 Å². The molecule has 0 fully saturated rings. The summed E-state index contributed by atoms with van der Waals surface area (Å²) in [6.45, 7) is 9.54. The van der Waals surface area contributed by atoms with E-state index in [1.54, 1.807) is 0 Å². The molecule has 0 saturated heterocycles. The van der Waals surface area contributed by atoms with Crippen LogP contribution in [-0.4, -0.2) is 30.5 Å². The standard InChI is InChI=1S/C28H28N6O/c1-5-33-20(4)25(16-29-33)27-15-24(23-11-6-7-12-26(23)31-27)28(35)30-22-10-8-9-21(14-22)17-34-19(3)13-18(2)32-34/h6-16H,5,17H2,1-4H3,(H,30,35). The zero-order valence-corrected chi connectivity index (χ0v) is 20.4. The van der Waals surface area contributed by atoms with Gasteiger partial charge < -0.3 is 5.32 Å². The largest absolute Gasteiger partial charge is 0.322 e. The second-order valence-electron chi connectivity index (χ2n) is 8.77. The second kappa shape index (κ2) is 9.18. The number of aryl methyl sites for hydroxylation is 3. The van der Waals surface area contributed by atoms with Crippen molar-refractivity contribution in [2.24, 2.45) is 0 Å². The minimum Gasteiger partial charge on any atom is -0.322 e. The number of carbonyl (C=O) groups is 1. The van der Waals surface area contributed by atoms with E-state index in [9.17, 15) is 4.79 Å². The first-order valence-electron chi connectivity index (χ1n) is 11.8. The highest BCUT2D eigenvalue weighted by molar-refractivity contribution is 6.13. The maximum atomic E-state index is 13.5. The van der Waals surface area contributed by atoms with Crippen molar-refractivity contribution in [2.45, 2.75) is 40.8 Å². The Bertz CT molecular complexity index is 1540. The molecule has 176 valence electrons. The van der Waals surface area contributed by atoms with Crippen LogP contribution in [0.15, 0.2) is 66.9 Å². The Morgan fingerprint density at radius 3 is 2.54 bits per heavy atom. The third-order valence-corrected chi connectivity index (χ3v) is 6.26. The zero-order valence-electron chi connectivity index (χ0n) is 20.4. The average Bonchev–Trinajstić information content (AvgIpc) is 3.38. The van der Waals surface area contributed by atoms with Crippen molar-refractivity contribution in [1.82, 2.24) is 24.5 Å². The third kappa shape index (κ3) is 4.45. The Hall–Kier alpha value is -4.26. The quantitative estimate of drug-likeness (QED) is 0.358. The molecule has 7 heteroatoms. The number of hydrogen-bond acceptors (Lipinski definition) is 4. The highest BCUT2D eigenvalue weighted by Gasteiger charge is 2.17.